The maximum absolute atomic E-state index is 12.5. The first-order valence-corrected chi connectivity index (χ1v) is 9.45. The Kier molecular flexibility index (Phi) is 4.93. The summed E-state index contributed by atoms with van der Waals surface area (Å²) in [6.45, 7) is 3.87. The number of amides is 1. The minimum atomic E-state index is 0.0214. The van der Waals surface area contributed by atoms with Crippen LogP contribution in [0.15, 0.2) is 72.8 Å². The molecule has 4 rings (SSSR count). The quantitative estimate of drug-likeness (QED) is 0.716. The second-order valence-electron chi connectivity index (χ2n) is 7.17. The Balaban J connectivity index is 1.47. The predicted molar refractivity (Wildman–Crippen MR) is 111 cm³/mol. The van der Waals surface area contributed by atoms with Gasteiger partial charge >= 0.3 is 0 Å². The third-order valence-electron chi connectivity index (χ3n) is 5.12. The highest BCUT2D eigenvalue weighted by Gasteiger charge is 2.19. The molecule has 0 atom stereocenters. The van der Waals surface area contributed by atoms with E-state index >= 15 is 0 Å². The number of fused-ring (bicyclic) bond motifs is 1. The number of nitrogens with one attached hydrogen (secondary N) is 1. The molecule has 0 spiro atoms. The van der Waals surface area contributed by atoms with E-state index < -0.39 is 0 Å². The predicted octanol–water partition coefficient (Wildman–Crippen LogP) is 4.74. The highest BCUT2D eigenvalue weighted by atomic mass is 16.1. The summed E-state index contributed by atoms with van der Waals surface area (Å²) < 4.78 is 0. The minimum Gasteiger partial charge on any atom is -0.367 e. The van der Waals surface area contributed by atoms with Crippen LogP contribution in [-0.4, -0.2) is 12.5 Å². The van der Waals surface area contributed by atoms with Crippen LogP contribution in [0.1, 0.15) is 22.3 Å². The van der Waals surface area contributed by atoms with Gasteiger partial charge in [-0.15, -0.1) is 0 Å². The van der Waals surface area contributed by atoms with Gasteiger partial charge in [-0.1, -0.05) is 66.2 Å². The van der Waals surface area contributed by atoms with Crippen molar-refractivity contribution in [3.63, 3.8) is 0 Å². The Morgan fingerprint density at radius 2 is 1.70 bits per heavy atom. The number of carbonyl (C=O) groups is 1. The van der Waals surface area contributed by atoms with E-state index in [0.29, 0.717) is 6.42 Å². The molecule has 1 heterocycles. The van der Waals surface area contributed by atoms with Crippen molar-refractivity contribution in [2.45, 2.75) is 26.3 Å². The van der Waals surface area contributed by atoms with Crippen LogP contribution < -0.4 is 10.2 Å². The van der Waals surface area contributed by atoms with E-state index in [-0.39, 0.29) is 5.91 Å². The van der Waals surface area contributed by atoms with E-state index in [1.54, 1.807) is 0 Å². The number of anilines is 2. The first-order valence-electron chi connectivity index (χ1n) is 9.45. The summed E-state index contributed by atoms with van der Waals surface area (Å²) in [5.41, 5.74) is 6.99. The maximum atomic E-state index is 12.5. The number of rotatable bonds is 5. The molecule has 0 aliphatic carbocycles. The Bertz CT molecular complexity index is 947. The Hall–Kier alpha value is -3.07. The van der Waals surface area contributed by atoms with Gasteiger partial charge in [-0.25, -0.2) is 0 Å². The zero-order valence-electron chi connectivity index (χ0n) is 15.6. The molecular weight excluding hydrogens is 332 g/mol. The van der Waals surface area contributed by atoms with Gasteiger partial charge in [0.1, 0.15) is 0 Å². The van der Waals surface area contributed by atoms with Gasteiger partial charge in [0.2, 0.25) is 5.91 Å². The van der Waals surface area contributed by atoms with Crippen molar-refractivity contribution in [1.29, 1.82) is 0 Å². The highest BCUT2D eigenvalue weighted by Crippen LogP contribution is 2.30. The molecule has 1 aliphatic heterocycles. The van der Waals surface area contributed by atoms with Gasteiger partial charge < -0.3 is 10.2 Å². The second-order valence-corrected chi connectivity index (χ2v) is 7.17. The van der Waals surface area contributed by atoms with Gasteiger partial charge in [0.25, 0.3) is 0 Å². The molecule has 27 heavy (non-hydrogen) atoms. The average Bonchev–Trinajstić information content (AvgIpc) is 3.08. The summed E-state index contributed by atoms with van der Waals surface area (Å²) in [5, 5.41) is 3.11. The van der Waals surface area contributed by atoms with Crippen molar-refractivity contribution in [2.75, 3.05) is 16.8 Å². The van der Waals surface area contributed by atoms with Gasteiger partial charge in [0.15, 0.2) is 0 Å². The fourth-order valence-corrected chi connectivity index (χ4v) is 3.64. The number of benzene rings is 3. The van der Waals surface area contributed by atoms with Gasteiger partial charge in [-0.05, 0) is 42.2 Å². The standard InChI is InChI=1S/C24H24N2O/c1-18-10-12-19(13-11-18)16-24(27)25-22-8-4-2-7-21(22)17-26-15-14-20-6-3-5-9-23(20)26/h2-13H,14-17H2,1H3,(H,25,27). The number of carbonyl (C=O) groups excluding carboxylic acids is 1. The summed E-state index contributed by atoms with van der Waals surface area (Å²) in [5.74, 6) is 0.0214. The zero-order valence-corrected chi connectivity index (χ0v) is 15.6. The van der Waals surface area contributed by atoms with Crippen LogP contribution in [0.4, 0.5) is 11.4 Å². The van der Waals surface area contributed by atoms with Gasteiger partial charge in [0, 0.05) is 24.5 Å². The lowest BCUT2D eigenvalue weighted by molar-refractivity contribution is -0.115. The molecule has 136 valence electrons. The Morgan fingerprint density at radius 3 is 2.56 bits per heavy atom. The monoisotopic (exact) mass is 356 g/mol. The van der Waals surface area contributed by atoms with Crippen LogP contribution in [0.2, 0.25) is 0 Å². The zero-order chi connectivity index (χ0) is 18.6. The van der Waals surface area contributed by atoms with E-state index in [4.69, 9.17) is 0 Å². The largest absolute Gasteiger partial charge is 0.367 e. The normalized spacial score (nSPS) is 12.7. The lowest BCUT2D eigenvalue weighted by Gasteiger charge is -2.21. The molecule has 3 heteroatoms. The SMILES string of the molecule is Cc1ccc(CC(=O)Nc2ccccc2CN2CCc3ccccc32)cc1. The summed E-state index contributed by atoms with van der Waals surface area (Å²) >= 11 is 0. The van der Waals surface area contributed by atoms with E-state index in [2.05, 4.69) is 47.5 Å². The molecular formula is C24H24N2O. The van der Waals surface area contributed by atoms with Crippen LogP contribution in [0.5, 0.6) is 0 Å². The smallest absolute Gasteiger partial charge is 0.228 e. The van der Waals surface area contributed by atoms with Crippen molar-refractivity contribution in [1.82, 2.24) is 0 Å². The molecule has 1 amide bonds. The van der Waals surface area contributed by atoms with Crippen molar-refractivity contribution >= 4 is 17.3 Å². The molecule has 0 bridgehead atoms. The van der Waals surface area contributed by atoms with Crippen LogP contribution >= 0.6 is 0 Å². The summed E-state index contributed by atoms with van der Waals surface area (Å²) in [6, 6.07) is 24.8. The maximum Gasteiger partial charge on any atom is 0.228 e. The third-order valence-corrected chi connectivity index (χ3v) is 5.12. The molecule has 0 unspecified atom stereocenters. The van der Waals surface area contributed by atoms with E-state index in [0.717, 1.165) is 36.3 Å². The Labute approximate surface area is 160 Å². The summed E-state index contributed by atoms with van der Waals surface area (Å²) in [7, 11) is 0. The molecule has 0 radical (unpaired) electrons. The summed E-state index contributed by atoms with van der Waals surface area (Å²) in [4.78, 5) is 14.9. The topological polar surface area (TPSA) is 32.3 Å². The fourth-order valence-electron chi connectivity index (χ4n) is 3.64. The van der Waals surface area contributed by atoms with Crippen LogP contribution in [0.3, 0.4) is 0 Å². The third kappa shape index (κ3) is 4.03. The molecule has 0 fully saturated rings. The van der Waals surface area contributed by atoms with E-state index in [1.165, 1.54) is 16.8 Å². The highest BCUT2D eigenvalue weighted by molar-refractivity contribution is 5.93. The fraction of sp³-hybridized carbons (Fsp3) is 0.208. The van der Waals surface area contributed by atoms with E-state index in [1.807, 2.05) is 42.5 Å². The van der Waals surface area contributed by atoms with Gasteiger partial charge in [0.05, 0.1) is 6.42 Å². The minimum absolute atomic E-state index is 0.0214. The van der Waals surface area contributed by atoms with Crippen LogP contribution in [0.25, 0.3) is 0 Å². The molecule has 1 N–H and O–H groups in total. The van der Waals surface area contributed by atoms with Crippen molar-refractivity contribution in [2.24, 2.45) is 0 Å². The lowest BCUT2D eigenvalue weighted by atomic mass is 10.1. The van der Waals surface area contributed by atoms with Crippen molar-refractivity contribution in [3.05, 3.63) is 95.1 Å². The molecule has 3 aromatic carbocycles. The number of para-hydroxylation sites is 2. The van der Waals surface area contributed by atoms with Crippen molar-refractivity contribution < 1.29 is 4.79 Å². The molecule has 1 aliphatic rings. The number of hydrogen-bond acceptors (Lipinski definition) is 2. The first-order chi connectivity index (χ1) is 13.2. The number of hydrogen-bond donors (Lipinski definition) is 1. The van der Waals surface area contributed by atoms with Crippen molar-refractivity contribution in [3.8, 4) is 0 Å². The number of nitrogens with zero attached hydrogens (tertiary/aromatic N) is 1. The lowest BCUT2D eigenvalue weighted by Crippen LogP contribution is -2.22. The first kappa shape index (κ1) is 17.3. The number of aryl methyl sites for hydroxylation is 1. The molecule has 0 saturated heterocycles. The molecule has 3 aromatic rings. The van der Waals surface area contributed by atoms with Crippen LogP contribution in [-0.2, 0) is 24.2 Å². The van der Waals surface area contributed by atoms with Gasteiger partial charge in [-0.2, -0.15) is 0 Å². The van der Waals surface area contributed by atoms with E-state index in [9.17, 15) is 4.79 Å². The van der Waals surface area contributed by atoms with Gasteiger partial charge in [-0.3, -0.25) is 4.79 Å². The summed E-state index contributed by atoms with van der Waals surface area (Å²) in [6.07, 6.45) is 1.47. The average molecular weight is 356 g/mol. The van der Waals surface area contributed by atoms with Crippen LogP contribution in [0, 0.1) is 6.92 Å². The Morgan fingerprint density at radius 1 is 0.963 bits per heavy atom. The molecule has 0 saturated carbocycles. The second kappa shape index (κ2) is 7.67. The molecule has 0 aromatic heterocycles. The molecule has 3 nitrogen and oxygen atoms in total.